The van der Waals surface area contributed by atoms with Crippen molar-refractivity contribution in [2.45, 2.75) is 19.8 Å². The van der Waals surface area contributed by atoms with Crippen molar-refractivity contribution in [2.75, 3.05) is 30.8 Å². The molecule has 1 aromatic carbocycles. The number of carbonyl (C=O) groups excluding carboxylic acids is 1. The third kappa shape index (κ3) is 2.75. The molecule has 1 fully saturated rings. The number of nitrogens with zero attached hydrogens (tertiary/aromatic N) is 1. The molecule has 0 aromatic heterocycles. The second kappa shape index (κ2) is 5.29. The van der Waals surface area contributed by atoms with Gasteiger partial charge in [0.1, 0.15) is 0 Å². The van der Waals surface area contributed by atoms with Gasteiger partial charge in [0.25, 0.3) is 5.91 Å². The molecule has 4 heteroatoms. The van der Waals surface area contributed by atoms with Gasteiger partial charge in [-0.15, -0.1) is 0 Å². The first-order valence-corrected chi connectivity index (χ1v) is 6.52. The van der Waals surface area contributed by atoms with Crippen molar-refractivity contribution in [1.82, 2.24) is 5.32 Å². The molecule has 98 valence electrons. The quantitative estimate of drug-likeness (QED) is 0.781. The minimum absolute atomic E-state index is 0.0986. The highest BCUT2D eigenvalue weighted by molar-refractivity contribution is 5.96. The van der Waals surface area contributed by atoms with Crippen LogP contribution < -0.4 is 16.0 Å². The van der Waals surface area contributed by atoms with Crippen LogP contribution in [0, 0.1) is 5.92 Å². The smallest absolute Gasteiger partial charge is 0.251 e. The number of rotatable bonds is 5. The summed E-state index contributed by atoms with van der Waals surface area (Å²) < 4.78 is 0. The van der Waals surface area contributed by atoms with E-state index >= 15 is 0 Å². The summed E-state index contributed by atoms with van der Waals surface area (Å²) in [5, 5.41) is 2.61. The molecule has 3 N–H and O–H groups in total. The van der Waals surface area contributed by atoms with E-state index in [4.69, 9.17) is 5.73 Å². The highest BCUT2D eigenvalue weighted by Gasteiger charge is 2.24. The highest BCUT2D eigenvalue weighted by atomic mass is 16.1. The molecular formula is C14H21N3O. The molecule has 1 aliphatic rings. The van der Waals surface area contributed by atoms with Gasteiger partial charge in [-0.3, -0.25) is 4.79 Å². The van der Waals surface area contributed by atoms with Crippen molar-refractivity contribution >= 4 is 17.3 Å². The van der Waals surface area contributed by atoms with Gasteiger partial charge in [-0.25, -0.2) is 0 Å². The second-order valence-corrected chi connectivity index (χ2v) is 4.83. The first-order valence-electron chi connectivity index (χ1n) is 6.52. The SMILES string of the molecule is CCN(CC1CC1)c1ccc(C(=O)NC)cc1N. The maximum Gasteiger partial charge on any atom is 0.251 e. The summed E-state index contributed by atoms with van der Waals surface area (Å²) in [4.78, 5) is 13.8. The Hall–Kier alpha value is -1.71. The third-order valence-corrected chi connectivity index (χ3v) is 3.41. The van der Waals surface area contributed by atoms with Crippen molar-refractivity contribution in [3.8, 4) is 0 Å². The standard InChI is InChI=1S/C14H21N3O/c1-3-17(9-10-4-5-10)13-7-6-11(8-12(13)15)14(18)16-2/h6-8,10H,3-5,9,15H2,1-2H3,(H,16,18). The predicted molar refractivity (Wildman–Crippen MR) is 74.9 cm³/mol. The van der Waals surface area contributed by atoms with Crippen molar-refractivity contribution in [2.24, 2.45) is 5.92 Å². The van der Waals surface area contributed by atoms with E-state index in [1.165, 1.54) is 12.8 Å². The highest BCUT2D eigenvalue weighted by Crippen LogP contribution is 2.33. The van der Waals surface area contributed by atoms with Crippen LogP contribution in [0.4, 0.5) is 11.4 Å². The van der Waals surface area contributed by atoms with Gasteiger partial charge in [0.2, 0.25) is 0 Å². The van der Waals surface area contributed by atoms with Crippen LogP contribution in [0.2, 0.25) is 0 Å². The van der Waals surface area contributed by atoms with E-state index in [0.717, 1.165) is 24.7 Å². The number of amides is 1. The fourth-order valence-corrected chi connectivity index (χ4v) is 2.14. The Bertz CT molecular complexity index is 441. The van der Waals surface area contributed by atoms with Crippen LogP contribution in [-0.2, 0) is 0 Å². The van der Waals surface area contributed by atoms with Crippen LogP contribution in [0.1, 0.15) is 30.1 Å². The summed E-state index contributed by atoms with van der Waals surface area (Å²) in [5.74, 6) is 0.724. The van der Waals surface area contributed by atoms with E-state index in [2.05, 4.69) is 17.1 Å². The molecule has 0 spiro atoms. The van der Waals surface area contributed by atoms with Gasteiger partial charge < -0.3 is 16.0 Å². The molecule has 1 aromatic rings. The monoisotopic (exact) mass is 247 g/mol. The number of nitrogen functional groups attached to an aromatic ring is 1. The molecule has 0 bridgehead atoms. The molecule has 0 atom stereocenters. The minimum Gasteiger partial charge on any atom is -0.397 e. The summed E-state index contributed by atoms with van der Waals surface area (Å²) >= 11 is 0. The maximum atomic E-state index is 11.5. The average molecular weight is 247 g/mol. The van der Waals surface area contributed by atoms with E-state index in [0.29, 0.717) is 11.3 Å². The fourth-order valence-electron chi connectivity index (χ4n) is 2.14. The number of anilines is 2. The molecule has 0 aliphatic heterocycles. The zero-order valence-corrected chi connectivity index (χ0v) is 11.1. The molecule has 0 unspecified atom stereocenters. The van der Waals surface area contributed by atoms with Crippen molar-refractivity contribution < 1.29 is 4.79 Å². The van der Waals surface area contributed by atoms with Crippen LogP contribution >= 0.6 is 0 Å². The summed E-state index contributed by atoms with van der Waals surface area (Å²) in [7, 11) is 1.62. The normalized spacial score (nSPS) is 14.3. The number of hydrogen-bond donors (Lipinski definition) is 2. The van der Waals surface area contributed by atoms with Gasteiger partial charge >= 0.3 is 0 Å². The van der Waals surface area contributed by atoms with E-state index in [-0.39, 0.29) is 5.91 Å². The van der Waals surface area contributed by atoms with Gasteiger partial charge in [0.15, 0.2) is 0 Å². The van der Waals surface area contributed by atoms with Crippen LogP contribution in [0.5, 0.6) is 0 Å². The molecule has 4 nitrogen and oxygen atoms in total. The van der Waals surface area contributed by atoms with Gasteiger partial charge in [0.05, 0.1) is 11.4 Å². The number of nitrogens with one attached hydrogen (secondary N) is 1. The Morgan fingerprint density at radius 1 is 1.50 bits per heavy atom. The average Bonchev–Trinajstić information content (AvgIpc) is 3.19. The Morgan fingerprint density at radius 2 is 2.22 bits per heavy atom. The number of hydrogen-bond acceptors (Lipinski definition) is 3. The number of nitrogens with two attached hydrogens (primary N) is 1. The Kier molecular flexibility index (Phi) is 3.75. The largest absolute Gasteiger partial charge is 0.397 e. The summed E-state index contributed by atoms with van der Waals surface area (Å²) in [6.45, 7) is 4.15. The zero-order valence-electron chi connectivity index (χ0n) is 11.1. The van der Waals surface area contributed by atoms with Gasteiger partial charge in [0, 0.05) is 25.7 Å². The number of benzene rings is 1. The van der Waals surface area contributed by atoms with E-state index in [1.807, 2.05) is 12.1 Å². The molecule has 2 rings (SSSR count). The van der Waals surface area contributed by atoms with Crippen LogP contribution in [-0.4, -0.2) is 26.0 Å². The lowest BCUT2D eigenvalue weighted by Crippen LogP contribution is -2.26. The fraction of sp³-hybridized carbons (Fsp3) is 0.500. The molecule has 0 saturated heterocycles. The lowest BCUT2D eigenvalue weighted by molar-refractivity contribution is 0.0963. The van der Waals surface area contributed by atoms with Crippen molar-refractivity contribution in [1.29, 1.82) is 0 Å². The molecular weight excluding hydrogens is 226 g/mol. The summed E-state index contributed by atoms with van der Waals surface area (Å²) in [6, 6.07) is 5.54. The van der Waals surface area contributed by atoms with Gasteiger partial charge in [-0.2, -0.15) is 0 Å². The predicted octanol–water partition coefficient (Wildman–Crippen LogP) is 1.86. The van der Waals surface area contributed by atoms with Gasteiger partial charge in [-0.1, -0.05) is 0 Å². The first-order chi connectivity index (χ1) is 8.65. The molecule has 0 radical (unpaired) electrons. The minimum atomic E-state index is -0.0986. The topological polar surface area (TPSA) is 58.4 Å². The molecule has 1 aliphatic carbocycles. The maximum absolute atomic E-state index is 11.5. The molecule has 0 heterocycles. The Balaban J connectivity index is 2.18. The lowest BCUT2D eigenvalue weighted by Gasteiger charge is -2.24. The molecule has 1 amide bonds. The van der Waals surface area contributed by atoms with Crippen molar-refractivity contribution in [3.63, 3.8) is 0 Å². The van der Waals surface area contributed by atoms with Gasteiger partial charge in [-0.05, 0) is 43.9 Å². The summed E-state index contributed by atoms with van der Waals surface area (Å²) in [6.07, 6.45) is 2.65. The number of carbonyl (C=O) groups is 1. The summed E-state index contributed by atoms with van der Waals surface area (Å²) in [5.41, 5.74) is 8.40. The lowest BCUT2D eigenvalue weighted by atomic mass is 10.1. The zero-order chi connectivity index (χ0) is 13.1. The third-order valence-electron chi connectivity index (χ3n) is 3.41. The van der Waals surface area contributed by atoms with Crippen LogP contribution in [0.25, 0.3) is 0 Å². The van der Waals surface area contributed by atoms with E-state index in [9.17, 15) is 4.79 Å². The van der Waals surface area contributed by atoms with Crippen LogP contribution in [0.15, 0.2) is 18.2 Å². The van der Waals surface area contributed by atoms with E-state index in [1.54, 1.807) is 13.1 Å². The molecule has 18 heavy (non-hydrogen) atoms. The molecule has 1 saturated carbocycles. The Labute approximate surface area is 108 Å². The Morgan fingerprint density at radius 3 is 2.72 bits per heavy atom. The van der Waals surface area contributed by atoms with Crippen molar-refractivity contribution in [3.05, 3.63) is 23.8 Å². The van der Waals surface area contributed by atoms with Crippen LogP contribution in [0.3, 0.4) is 0 Å². The second-order valence-electron chi connectivity index (χ2n) is 4.83. The first kappa shape index (κ1) is 12.7. The van der Waals surface area contributed by atoms with E-state index < -0.39 is 0 Å².